The van der Waals surface area contributed by atoms with Crippen LogP contribution in [0.1, 0.15) is 0 Å². The van der Waals surface area contributed by atoms with Crippen LogP contribution in [0.4, 0.5) is 0 Å². The van der Waals surface area contributed by atoms with Gasteiger partial charge in [0.05, 0.1) is 0 Å². The molecular weight excluding hydrogens is 366 g/mol. The standard InChI is InChI=1S/4ClH.Ir.2H2O/h4*1H;;2*1H2/q;;;;+4;;/p-4. The first-order valence-electron chi connectivity index (χ1n) is 0.504. The molecule has 0 heterocycles. The van der Waals surface area contributed by atoms with E-state index in [1.165, 1.54) is 0 Å². The van der Waals surface area contributed by atoms with E-state index in [2.05, 4.69) is 0 Å². The minimum absolute atomic E-state index is 0. The van der Waals surface area contributed by atoms with Crippen molar-refractivity contribution in [3.63, 3.8) is 0 Å². The fourth-order valence-corrected chi connectivity index (χ4v) is 0. The molecule has 7 heavy (non-hydrogen) atoms. The Kier molecular flexibility index (Phi) is 13.3. The van der Waals surface area contributed by atoms with Crippen molar-refractivity contribution < 1.29 is 22.2 Å². The first-order chi connectivity index (χ1) is 2.00. The molecule has 0 atom stereocenters. The fraction of sp³-hybridized carbons (Fsp3) is 0. The molecule has 0 aliphatic carbocycles. The van der Waals surface area contributed by atoms with Gasteiger partial charge in [0.25, 0.3) is 0 Å². The summed E-state index contributed by atoms with van der Waals surface area (Å²) < 4.78 is 0. The van der Waals surface area contributed by atoms with Crippen LogP contribution in [0.5, 0.6) is 0 Å². The van der Waals surface area contributed by atoms with E-state index in [-0.39, 0.29) is 11.0 Å². The predicted octanol–water partition coefficient (Wildman–Crippen LogP) is 1.11. The summed E-state index contributed by atoms with van der Waals surface area (Å²) in [5, 5.41) is 0. The average Bonchev–Trinajstić information content (AvgIpc) is 0.722. The molecule has 0 spiro atoms. The van der Waals surface area contributed by atoms with E-state index in [9.17, 15) is 0 Å². The maximum absolute atomic E-state index is 5.01. The van der Waals surface area contributed by atoms with Gasteiger partial charge in [-0.25, -0.2) is 0 Å². The van der Waals surface area contributed by atoms with Crippen LogP contribution in [0, 0.1) is 0 Å². The van der Waals surface area contributed by atoms with Crippen molar-refractivity contribution in [2.45, 2.75) is 0 Å². The molecule has 4 N–H and O–H groups in total. The van der Waals surface area contributed by atoms with Gasteiger partial charge >= 0.3 is 49.6 Å². The Bertz CT molecular complexity index is 25.2. The van der Waals surface area contributed by atoms with Crippen LogP contribution < -0.4 is 0 Å². The number of halogens is 4. The van der Waals surface area contributed by atoms with Crippen LogP contribution in [0.2, 0.25) is 0 Å². The SMILES string of the molecule is O.O.[Cl][Ir]([Cl])([Cl])[Cl]. The Hall–Kier alpha value is 1.73. The normalized spacial score (nSPS) is 10.9. The third-order valence-electron chi connectivity index (χ3n) is 0. The zero-order valence-electron chi connectivity index (χ0n) is 2.85. The third-order valence-corrected chi connectivity index (χ3v) is 0. The summed E-state index contributed by atoms with van der Waals surface area (Å²) >= 11 is -3.11. The Morgan fingerprint density at radius 2 is 0.714 bits per heavy atom. The van der Waals surface area contributed by atoms with E-state index in [0.717, 1.165) is 0 Å². The maximum atomic E-state index is 5.01. The second-order valence-electron chi connectivity index (χ2n) is 0.286. The summed E-state index contributed by atoms with van der Waals surface area (Å²) in [7, 11) is 20.1. The second-order valence-corrected chi connectivity index (χ2v) is 21.0. The van der Waals surface area contributed by atoms with E-state index >= 15 is 0 Å². The molecule has 0 aliphatic rings. The van der Waals surface area contributed by atoms with Gasteiger partial charge < -0.3 is 11.0 Å². The molecule has 0 radical (unpaired) electrons. The Morgan fingerprint density at radius 1 is 0.714 bits per heavy atom. The van der Waals surface area contributed by atoms with E-state index in [0.29, 0.717) is 0 Å². The van der Waals surface area contributed by atoms with E-state index in [1.807, 2.05) is 0 Å². The summed E-state index contributed by atoms with van der Waals surface area (Å²) in [4.78, 5) is 0. The number of rotatable bonds is 0. The molecule has 7 heteroatoms. The molecule has 0 aliphatic heterocycles. The van der Waals surface area contributed by atoms with E-state index in [4.69, 9.17) is 38.3 Å². The van der Waals surface area contributed by atoms with E-state index < -0.39 is 11.2 Å². The van der Waals surface area contributed by atoms with Crippen molar-refractivity contribution in [1.82, 2.24) is 0 Å². The van der Waals surface area contributed by atoms with Crippen LogP contribution in [0.3, 0.4) is 0 Å². The molecular formula is H4Cl4IrO2. The molecule has 0 bridgehead atoms. The molecule has 0 aromatic carbocycles. The molecule has 0 saturated heterocycles. The quantitative estimate of drug-likeness (QED) is 0.614. The van der Waals surface area contributed by atoms with Crippen LogP contribution in [0.25, 0.3) is 0 Å². The fourth-order valence-electron chi connectivity index (χ4n) is 0. The van der Waals surface area contributed by atoms with Crippen molar-refractivity contribution in [3.8, 4) is 0 Å². The third kappa shape index (κ3) is 84.8. The predicted molar refractivity (Wildman–Crippen MR) is 30.6 cm³/mol. The Balaban J connectivity index is -0.0000000800. The van der Waals surface area contributed by atoms with Crippen LogP contribution in [-0.4, -0.2) is 11.0 Å². The van der Waals surface area contributed by atoms with Gasteiger partial charge in [-0.15, -0.1) is 0 Å². The summed E-state index contributed by atoms with van der Waals surface area (Å²) in [6.45, 7) is 0. The van der Waals surface area contributed by atoms with Crippen molar-refractivity contribution in [3.05, 3.63) is 0 Å². The Labute approximate surface area is 60.3 Å². The summed E-state index contributed by atoms with van der Waals surface area (Å²) in [5.41, 5.74) is 0. The van der Waals surface area contributed by atoms with Gasteiger partial charge in [-0.3, -0.25) is 0 Å². The molecule has 0 saturated carbocycles. The van der Waals surface area contributed by atoms with Gasteiger partial charge in [-0.2, -0.15) is 0 Å². The van der Waals surface area contributed by atoms with Crippen molar-refractivity contribution in [2.24, 2.45) is 0 Å². The molecule has 0 aromatic rings. The van der Waals surface area contributed by atoms with Crippen LogP contribution >= 0.6 is 38.3 Å². The van der Waals surface area contributed by atoms with Gasteiger partial charge in [-0.05, 0) is 0 Å². The molecule has 53 valence electrons. The average molecular weight is 370 g/mol. The van der Waals surface area contributed by atoms with Gasteiger partial charge in [-0.1, -0.05) is 0 Å². The van der Waals surface area contributed by atoms with Gasteiger partial charge in [0.2, 0.25) is 0 Å². The van der Waals surface area contributed by atoms with Gasteiger partial charge in [0.15, 0.2) is 0 Å². The number of hydrogen-bond donors (Lipinski definition) is 0. The first-order valence-corrected chi connectivity index (χ1v) is 12.4. The zero-order valence-corrected chi connectivity index (χ0v) is 8.26. The van der Waals surface area contributed by atoms with E-state index in [1.54, 1.807) is 0 Å². The van der Waals surface area contributed by atoms with Crippen molar-refractivity contribution in [1.29, 1.82) is 0 Å². The molecule has 0 amide bonds. The second kappa shape index (κ2) is 5.86. The van der Waals surface area contributed by atoms with Crippen LogP contribution in [-0.2, 0) is 11.2 Å². The van der Waals surface area contributed by atoms with Crippen molar-refractivity contribution >= 4 is 38.3 Å². The summed E-state index contributed by atoms with van der Waals surface area (Å²) in [5.74, 6) is 0. The minimum atomic E-state index is -3.11. The molecule has 0 unspecified atom stereocenters. The summed E-state index contributed by atoms with van der Waals surface area (Å²) in [6.07, 6.45) is 0. The monoisotopic (exact) mass is 369 g/mol. The zero-order chi connectivity index (χ0) is 4.50. The first kappa shape index (κ1) is 15.9. The molecule has 0 rings (SSSR count). The Morgan fingerprint density at radius 3 is 0.714 bits per heavy atom. The summed E-state index contributed by atoms with van der Waals surface area (Å²) in [6, 6.07) is 0. The van der Waals surface area contributed by atoms with Gasteiger partial charge in [0.1, 0.15) is 0 Å². The molecule has 0 fully saturated rings. The van der Waals surface area contributed by atoms with Crippen LogP contribution in [0.15, 0.2) is 0 Å². The van der Waals surface area contributed by atoms with Crippen molar-refractivity contribution in [2.75, 3.05) is 0 Å². The molecule has 0 aromatic heterocycles. The van der Waals surface area contributed by atoms with Gasteiger partial charge in [0, 0.05) is 0 Å². The number of hydrogen-bond acceptors (Lipinski definition) is 0. The topological polar surface area (TPSA) is 63.0 Å². The molecule has 2 nitrogen and oxygen atoms in total.